The lowest BCUT2D eigenvalue weighted by molar-refractivity contribution is 0.624. The van der Waals surface area contributed by atoms with Crippen LogP contribution in [0, 0.1) is 12.7 Å². The van der Waals surface area contributed by atoms with E-state index < -0.39 is 5.82 Å². The molecule has 5 heteroatoms. The number of nitrogens with one attached hydrogen (secondary N) is 1. The molecule has 2 aromatic rings. The van der Waals surface area contributed by atoms with Crippen molar-refractivity contribution in [1.82, 2.24) is 0 Å². The van der Waals surface area contributed by atoms with Gasteiger partial charge in [-0.1, -0.05) is 34.8 Å². The van der Waals surface area contributed by atoms with Crippen LogP contribution in [0.3, 0.4) is 0 Å². The molecule has 0 heterocycles. The minimum absolute atomic E-state index is 0.0219. The highest BCUT2D eigenvalue weighted by atomic mass is 35.5. The molecule has 0 spiro atoms. The number of hydrogen-bond acceptors (Lipinski definition) is 1. The van der Waals surface area contributed by atoms with Gasteiger partial charge < -0.3 is 5.32 Å². The van der Waals surface area contributed by atoms with Crippen molar-refractivity contribution in [2.24, 2.45) is 0 Å². The van der Waals surface area contributed by atoms with Gasteiger partial charge in [0.25, 0.3) is 0 Å². The first kappa shape index (κ1) is 15.4. The van der Waals surface area contributed by atoms with Crippen molar-refractivity contribution in [1.29, 1.82) is 0 Å². The number of aryl methyl sites for hydroxylation is 1. The molecule has 0 aliphatic carbocycles. The molecule has 2 rings (SSSR count). The Kier molecular flexibility index (Phi) is 4.79. The first-order chi connectivity index (χ1) is 9.38. The Morgan fingerprint density at radius 3 is 2.40 bits per heavy atom. The van der Waals surface area contributed by atoms with Gasteiger partial charge >= 0.3 is 0 Å². The Morgan fingerprint density at radius 2 is 1.75 bits per heavy atom. The van der Waals surface area contributed by atoms with Crippen molar-refractivity contribution in [3.8, 4) is 0 Å². The first-order valence-corrected chi connectivity index (χ1v) is 7.19. The molecule has 20 heavy (non-hydrogen) atoms. The molecule has 2 aromatic carbocycles. The van der Waals surface area contributed by atoms with Crippen LogP contribution in [0.5, 0.6) is 0 Å². The number of benzene rings is 2. The molecule has 1 N–H and O–H groups in total. The van der Waals surface area contributed by atoms with Crippen molar-refractivity contribution in [2.75, 3.05) is 5.32 Å². The average molecular weight is 333 g/mol. The molecule has 0 saturated carbocycles. The molecular weight excluding hydrogens is 320 g/mol. The predicted octanol–water partition coefficient (Wildman–Crippen LogP) is 6.27. The number of rotatable bonds is 3. The van der Waals surface area contributed by atoms with Crippen LogP contribution < -0.4 is 5.32 Å². The van der Waals surface area contributed by atoms with Gasteiger partial charge in [-0.3, -0.25) is 0 Å². The second kappa shape index (κ2) is 6.21. The standard InChI is InChI=1S/C15H13Cl3FN/c1-8-5-10(16)3-4-15(8)20-9(2)11-6-14(19)13(18)7-12(11)17/h3-7,9,20H,1-2H3. The Hall–Kier alpha value is -0.960. The quantitative estimate of drug-likeness (QED) is 0.653. The number of hydrogen-bond donors (Lipinski definition) is 1. The predicted molar refractivity (Wildman–Crippen MR) is 84.6 cm³/mol. The Bertz CT molecular complexity index is 643. The van der Waals surface area contributed by atoms with Crippen LogP contribution in [0.4, 0.5) is 10.1 Å². The molecule has 1 atom stereocenters. The van der Waals surface area contributed by atoms with Crippen LogP contribution in [-0.4, -0.2) is 0 Å². The normalized spacial score (nSPS) is 12.3. The molecule has 0 amide bonds. The van der Waals surface area contributed by atoms with Crippen LogP contribution in [0.1, 0.15) is 24.1 Å². The van der Waals surface area contributed by atoms with E-state index in [1.165, 1.54) is 12.1 Å². The summed E-state index contributed by atoms with van der Waals surface area (Å²) in [7, 11) is 0. The zero-order valence-corrected chi connectivity index (χ0v) is 13.2. The summed E-state index contributed by atoms with van der Waals surface area (Å²) in [6, 6.07) is 8.16. The molecule has 1 nitrogen and oxygen atoms in total. The average Bonchev–Trinajstić information content (AvgIpc) is 2.37. The van der Waals surface area contributed by atoms with E-state index in [0.29, 0.717) is 15.6 Å². The highest BCUT2D eigenvalue weighted by Crippen LogP contribution is 2.31. The summed E-state index contributed by atoms with van der Waals surface area (Å²) >= 11 is 17.7. The fourth-order valence-electron chi connectivity index (χ4n) is 1.97. The van der Waals surface area contributed by atoms with Crippen molar-refractivity contribution in [3.63, 3.8) is 0 Å². The maximum Gasteiger partial charge on any atom is 0.142 e. The van der Waals surface area contributed by atoms with Crippen LogP contribution in [-0.2, 0) is 0 Å². The number of halogens is 4. The summed E-state index contributed by atoms with van der Waals surface area (Å²) in [5, 5.41) is 4.42. The Morgan fingerprint density at radius 1 is 1.05 bits per heavy atom. The van der Waals surface area contributed by atoms with E-state index in [2.05, 4.69) is 5.32 Å². The zero-order valence-electron chi connectivity index (χ0n) is 11.0. The monoisotopic (exact) mass is 331 g/mol. The van der Waals surface area contributed by atoms with E-state index in [1.54, 1.807) is 6.07 Å². The lowest BCUT2D eigenvalue weighted by Gasteiger charge is -2.19. The first-order valence-electron chi connectivity index (χ1n) is 6.05. The van der Waals surface area contributed by atoms with E-state index >= 15 is 0 Å². The third-order valence-corrected chi connectivity index (χ3v) is 3.92. The summed E-state index contributed by atoms with van der Waals surface area (Å²) in [4.78, 5) is 0. The molecule has 0 radical (unpaired) electrons. The van der Waals surface area contributed by atoms with Gasteiger partial charge in [0.1, 0.15) is 5.82 Å². The van der Waals surface area contributed by atoms with Gasteiger partial charge in [-0.15, -0.1) is 0 Å². The largest absolute Gasteiger partial charge is 0.378 e. The molecule has 0 aliphatic heterocycles. The maximum absolute atomic E-state index is 13.6. The van der Waals surface area contributed by atoms with Crippen molar-refractivity contribution in [3.05, 3.63) is 62.3 Å². The van der Waals surface area contributed by atoms with Gasteiger partial charge in [-0.2, -0.15) is 0 Å². The van der Waals surface area contributed by atoms with Crippen LogP contribution in [0.15, 0.2) is 30.3 Å². The fraction of sp³-hybridized carbons (Fsp3) is 0.200. The highest BCUT2D eigenvalue weighted by Gasteiger charge is 2.14. The van der Waals surface area contributed by atoms with Crippen LogP contribution >= 0.6 is 34.8 Å². The molecule has 0 fully saturated rings. The lowest BCUT2D eigenvalue weighted by atomic mass is 10.1. The molecule has 0 aliphatic rings. The summed E-state index contributed by atoms with van der Waals surface area (Å²) < 4.78 is 13.6. The molecule has 0 saturated heterocycles. The van der Waals surface area contributed by atoms with Crippen LogP contribution in [0.25, 0.3) is 0 Å². The lowest BCUT2D eigenvalue weighted by Crippen LogP contribution is -2.08. The van der Waals surface area contributed by atoms with Gasteiger partial charge in [0.15, 0.2) is 0 Å². The molecule has 0 bridgehead atoms. The van der Waals surface area contributed by atoms with Gasteiger partial charge in [0, 0.05) is 15.7 Å². The SMILES string of the molecule is Cc1cc(Cl)ccc1NC(C)c1cc(F)c(Cl)cc1Cl. The van der Waals surface area contributed by atoms with E-state index in [-0.39, 0.29) is 11.1 Å². The zero-order chi connectivity index (χ0) is 14.9. The molecule has 106 valence electrons. The maximum atomic E-state index is 13.6. The second-order valence-electron chi connectivity index (χ2n) is 4.61. The van der Waals surface area contributed by atoms with E-state index in [4.69, 9.17) is 34.8 Å². The van der Waals surface area contributed by atoms with Crippen molar-refractivity contribution in [2.45, 2.75) is 19.9 Å². The highest BCUT2D eigenvalue weighted by molar-refractivity contribution is 6.35. The third kappa shape index (κ3) is 3.38. The summed E-state index contributed by atoms with van der Waals surface area (Å²) in [5.74, 6) is -0.479. The summed E-state index contributed by atoms with van der Waals surface area (Å²) in [5.41, 5.74) is 2.59. The summed E-state index contributed by atoms with van der Waals surface area (Å²) in [6.45, 7) is 3.85. The smallest absolute Gasteiger partial charge is 0.142 e. The molecular formula is C15H13Cl3FN. The van der Waals surface area contributed by atoms with E-state index in [1.807, 2.05) is 26.0 Å². The van der Waals surface area contributed by atoms with Gasteiger partial charge in [0.2, 0.25) is 0 Å². The molecule has 1 unspecified atom stereocenters. The minimum atomic E-state index is -0.479. The van der Waals surface area contributed by atoms with Gasteiger partial charge in [0.05, 0.1) is 11.1 Å². The Labute approximate surface area is 132 Å². The minimum Gasteiger partial charge on any atom is -0.378 e. The van der Waals surface area contributed by atoms with Crippen molar-refractivity contribution < 1.29 is 4.39 Å². The van der Waals surface area contributed by atoms with E-state index in [0.717, 1.165) is 11.3 Å². The number of anilines is 1. The Balaban J connectivity index is 2.28. The van der Waals surface area contributed by atoms with Crippen LogP contribution in [0.2, 0.25) is 15.1 Å². The van der Waals surface area contributed by atoms with E-state index in [9.17, 15) is 4.39 Å². The van der Waals surface area contributed by atoms with Gasteiger partial charge in [-0.05, 0) is 55.3 Å². The fourth-order valence-corrected chi connectivity index (χ4v) is 2.74. The molecule has 0 aromatic heterocycles. The second-order valence-corrected chi connectivity index (χ2v) is 5.86. The van der Waals surface area contributed by atoms with Gasteiger partial charge in [-0.25, -0.2) is 4.39 Å². The van der Waals surface area contributed by atoms with Crippen molar-refractivity contribution >= 4 is 40.5 Å². The topological polar surface area (TPSA) is 12.0 Å². The third-order valence-electron chi connectivity index (χ3n) is 3.07. The summed E-state index contributed by atoms with van der Waals surface area (Å²) in [6.07, 6.45) is 0.